The van der Waals surface area contributed by atoms with Crippen molar-refractivity contribution in [1.29, 1.82) is 0 Å². The third-order valence-electron chi connectivity index (χ3n) is 2.04. The molecule has 0 saturated heterocycles. The summed E-state index contributed by atoms with van der Waals surface area (Å²) >= 11 is 3.38. The molecular formula is C10H15BrN2. The first-order valence-electron chi connectivity index (χ1n) is 4.48. The van der Waals surface area contributed by atoms with Gasteiger partial charge in [0.05, 0.1) is 11.4 Å². The molecule has 0 radical (unpaired) electrons. The summed E-state index contributed by atoms with van der Waals surface area (Å²) in [6, 6.07) is 4.00. The molecule has 1 aromatic carbocycles. The van der Waals surface area contributed by atoms with Gasteiger partial charge in [-0.1, -0.05) is 13.3 Å². The van der Waals surface area contributed by atoms with Crippen molar-refractivity contribution in [3.05, 3.63) is 22.2 Å². The number of nitrogens with two attached hydrogens (primary N) is 2. The van der Waals surface area contributed by atoms with Gasteiger partial charge < -0.3 is 11.5 Å². The molecule has 13 heavy (non-hydrogen) atoms. The predicted octanol–water partition coefficient (Wildman–Crippen LogP) is 2.96. The Kier molecular flexibility index (Phi) is 3.60. The SMILES string of the molecule is CCCCc1cc(N)c(N)c(Br)c1. The van der Waals surface area contributed by atoms with E-state index in [-0.39, 0.29) is 0 Å². The molecule has 0 aromatic heterocycles. The number of halogens is 1. The molecule has 72 valence electrons. The van der Waals surface area contributed by atoms with E-state index >= 15 is 0 Å². The molecule has 0 bridgehead atoms. The highest BCUT2D eigenvalue weighted by molar-refractivity contribution is 9.10. The molecule has 0 atom stereocenters. The van der Waals surface area contributed by atoms with Gasteiger partial charge in [-0.05, 0) is 46.5 Å². The van der Waals surface area contributed by atoms with Gasteiger partial charge in [0.1, 0.15) is 0 Å². The van der Waals surface area contributed by atoms with Crippen molar-refractivity contribution in [2.24, 2.45) is 0 Å². The van der Waals surface area contributed by atoms with Gasteiger partial charge in [-0.2, -0.15) is 0 Å². The first-order chi connectivity index (χ1) is 6.15. The second kappa shape index (κ2) is 4.51. The molecule has 0 spiro atoms. The minimum atomic E-state index is 0.639. The number of aryl methyl sites for hydroxylation is 1. The Hall–Kier alpha value is -0.700. The second-order valence-corrected chi connectivity index (χ2v) is 4.04. The minimum absolute atomic E-state index is 0.639. The summed E-state index contributed by atoms with van der Waals surface area (Å²) in [4.78, 5) is 0. The number of benzene rings is 1. The maximum Gasteiger partial charge on any atom is 0.0692 e. The van der Waals surface area contributed by atoms with Crippen LogP contribution in [0, 0.1) is 0 Å². The third kappa shape index (κ3) is 2.62. The van der Waals surface area contributed by atoms with Crippen molar-refractivity contribution in [3.63, 3.8) is 0 Å². The zero-order chi connectivity index (χ0) is 9.84. The summed E-state index contributed by atoms with van der Waals surface area (Å²) in [5.41, 5.74) is 14.0. The zero-order valence-corrected chi connectivity index (χ0v) is 9.39. The molecule has 3 heteroatoms. The van der Waals surface area contributed by atoms with Gasteiger partial charge in [0.2, 0.25) is 0 Å². The Morgan fingerprint density at radius 2 is 2.00 bits per heavy atom. The Balaban J connectivity index is 2.86. The standard InChI is InChI=1S/C10H15BrN2/c1-2-3-4-7-5-8(11)10(13)9(12)6-7/h5-6H,2-4,12-13H2,1H3. The fourth-order valence-electron chi connectivity index (χ4n) is 1.22. The summed E-state index contributed by atoms with van der Waals surface area (Å²) in [5, 5.41) is 0. The summed E-state index contributed by atoms with van der Waals surface area (Å²) in [6.07, 6.45) is 3.46. The molecule has 0 aliphatic heterocycles. The number of hydrogen-bond donors (Lipinski definition) is 2. The number of unbranched alkanes of at least 4 members (excludes halogenated alkanes) is 1. The van der Waals surface area contributed by atoms with Crippen molar-refractivity contribution in [2.45, 2.75) is 26.2 Å². The number of rotatable bonds is 3. The van der Waals surface area contributed by atoms with E-state index < -0.39 is 0 Å². The maximum atomic E-state index is 5.74. The highest BCUT2D eigenvalue weighted by Crippen LogP contribution is 2.27. The lowest BCUT2D eigenvalue weighted by atomic mass is 10.1. The predicted molar refractivity (Wildman–Crippen MR) is 61.6 cm³/mol. The van der Waals surface area contributed by atoms with Crippen molar-refractivity contribution < 1.29 is 0 Å². The fraction of sp³-hybridized carbons (Fsp3) is 0.400. The van der Waals surface area contributed by atoms with Crippen LogP contribution in [0.2, 0.25) is 0 Å². The molecule has 0 unspecified atom stereocenters. The smallest absolute Gasteiger partial charge is 0.0692 e. The monoisotopic (exact) mass is 242 g/mol. The van der Waals surface area contributed by atoms with Crippen molar-refractivity contribution in [2.75, 3.05) is 11.5 Å². The Bertz CT molecular complexity index is 274. The summed E-state index contributed by atoms with van der Waals surface area (Å²) in [7, 11) is 0. The van der Waals surface area contributed by atoms with E-state index in [0.717, 1.165) is 10.9 Å². The van der Waals surface area contributed by atoms with Gasteiger partial charge in [-0.15, -0.1) is 0 Å². The molecule has 1 aromatic rings. The fourth-order valence-corrected chi connectivity index (χ4v) is 1.75. The topological polar surface area (TPSA) is 52.0 Å². The molecule has 0 saturated carbocycles. The van der Waals surface area contributed by atoms with Crippen LogP contribution < -0.4 is 11.5 Å². The Morgan fingerprint density at radius 1 is 1.31 bits per heavy atom. The average molecular weight is 243 g/mol. The minimum Gasteiger partial charge on any atom is -0.397 e. The lowest BCUT2D eigenvalue weighted by Crippen LogP contribution is -1.97. The van der Waals surface area contributed by atoms with E-state index in [4.69, 9.17) is 11.5 Å². The number of hydrogen-bond acceptors (Lipinski definition) is 2. The lowest BCUT2D eigenvalue weighted by Gasteiger charge is -2.06. The molecule has 0 fully saturated rings. The van der Waals surface area contributed by atoms with Gasteiger partial charge in [-0.3, -0.25) is 0 Å². The van der Waals surface area contributed by atoms with Crippen LogP contribution in [0.25, 0.3) is 0 Å². The molecular weight excluding hydrogens is 228 g/mol. The van der Waals surface area contributed by atoms with E-state index in [9.17, 15) is 0 Å². The van der Waals surface area contributed by atoms with Crippen molar-refractivity contribution in [3.8, 4) is 0 Å². The Labute approximate surface area is 87.4 Å². The van der Waals surface area contributed by atoms with Crippen LogP contribution in [0.4, 0.5) is 11.4 Å². The summed E-state index contributed by atoms with van der Waals surface area (Å²) < 4.78 is 0.901. The van der Waals surface area contributed by atoms with Crippen molar-refractivity contribution >= 4 is 27.3 Å². The third-order valence-corrected chi connectivity index (χ3v) is 2.70. The van der Waals surface area contributed by atoms with Gasteiger partial charge in [-0.25, -0.2) is 0 Å². The average Bonchev–Trinajstić information content (AvgIpc) is 2.10. The summed E-state index contributed by atoms with van der Waals surface area (Å²) in [6.45, 7) is 2.18. The van der Waals surface area contributed by atoms with Crippen molar-refractivity contribution in [1.82, 2.24) is 0 Å². The molecule has 0 heterocycles. The van der Waals surface area contributed by atoms with Crippen LogP contribution in [-0.4, -0.2) is 0 Å². The highest BCUT2D eigenvalue weighted by Gasteiger charge is 2.02. The molecule has 2 nitrogen and oxygen atoms in total. The van der Waals surface area contributed by atoms with Crippen LogP contribution in [0.1, 0.15) is 25.3 Å². The van der Waals surface area contributed by atoms with Crippen LogP contribution in [0.3, 0.4) is 0 Å². The highest BCUT2D eigenvalue weighted by atomic mass is 79.9. The van der Waals surface area contributed by atoms with Gasteiger partial charge in [0.25, 0.3) is 0 Å². The second-order valence-electron chi connectivity index (χ2n) is 3.18. The van der Waals surface area contributed by atoms with Gasteiger partial charge in [0.15, 0.2) is 0 Å². The molecule has 0 aliphatic rings. The van der Waals surface area contributed by atoms with E-state index in [0.29, 0.717) is 11.4 Å². The van der Waals surface area contributed by atoms with E-state index in [2.05, 4.69) is 22.9 Å². The first-order valence-corrected chi connectivity index (χ1v) is 5.27. The largest absolute Gasteiger partial charge is 0.397 e. The zero-order valence-electron chi connectivity index (χ0n) is 7.81. The van der Waals surface area contributed by atoms with Crippen LogP contribution >= 0.6 is 15.9 Å². The number of nitrogen functional groups attached to an aromatic ring is 2. The van der Waals surface area contributed by atoms with E-state index in [1.54, 1.807) is 0 Å². The van der Waals surface area contributed by atoms with Crippen LogP contribution in [-0.2, 0) is 6.42 Å². The summed E-state index contributed by atoms with van der Waals surface area (Å²) in [5.74, 6) is 0. The van der Waals surface area contributed by atoms with Gasteiger partial charge in [0, 0.05) is 4.47 Å². The van der Waals surface area contributed by atoms with E-state index in [1.165, 1.54) is 18.4 Å². The normalized spacial score (nSPS) is 10.3. The maximum absolute atomic E-state index is 5.74. The molecule has 1 rings (SSSR count). The van der Waals surface area contributed by atoms with Crippen LogP contribution in [0.15, 0.2) is 16.6 Å². The van der Waals surface area contributed by atoms with E-state index in [1.807, 2.05) is 12.1 Å². The molecule has 0 aliphatic carbocycles. The lowest BCUT2D eigenvalue weighted by molar-refractivity contribution is 0.795. The van der Waals surface area contributed by atoms with Crippen LogP contribution in [0.5, 0.6) is 0 Å². The molecule has 0 amide bonds. The first kappa shape index (κ1) is 10.4. The molecule has 4 N–H and O–H groups in total. The number of anilines is 2. The quantitative estimate of drug-likeness (QED) is 0.802. The van der Waals surface area contributed by atoms with Gasteiger partial charge >= 0.3 is 0 Å². The Morgan fingerprint density at radius 3 is 2.54 bits per heavy atom.